The average Bonchev–Trinajstić information content (AvgIpc) is 2.44. The van der Waals surface area contributed by atoms with Gasteiger partial charge in [-0.3, -0.25) is 4.79 Å². The summed E-state index contributed by atoms with van der Waals surface area (Å²) in [6, 6.07) is 7.20. The maximum atomic E-state index is 12.0. The van der Waals surface area contributed by atoms with Gasteiger partial charge in [0.25, 0.3) is 5.91 Å². The molecule has 2 rings (SSSR count). The van der Waals surface area contributed by atoms with Crippen molar-refractivity contribution in [1.82, 2.24) is 20.5 Å². The standard InChI is InChI=1S/C14H18N4O2/c1-9(2)14(3,20)8-15-13(19)12-16-10-6-4-5-7-11(10)17-18-12/h4-7,9,20H,8H2,1-3H3,(H,15,19). The summed E-state index contributed by atoms with van der Waals surface area (Å²) < 4.78 is 0. The minimum atomic E-state index is -0.972. The summed E-state index contributed by atoms with van der Waals surface area (Å²) in [7, 11) is 0. The second kappa shape index (κ2) is 5.50. The Hall–Kier alpha value is -2.08. The van der Waals surface area contributed by atoms with E-state index in [2.05, 4.69) is 20.5 Å². The number of amides is 1. The number of hydrogen-bond donors (Lipinski definition) is 2. The van der Waals surface area contributed by atoms with Gasteiger partial charge in [0.05, 0.1) is 11.1 Å². The molecule has 0 aliphatic heterocycles. The number of fused-ring (bicyclic) bond motifs is 1. The molecule has 0 fully saturated rings. The summed E-state index contributed by atoms with van der Waals surface area (Å²) in [6.07, 6.45) is 0. The highest BCUT2D eigenvalue weighted by Gasteiger charge is 2.26. The molecule has 2 N–H and O–H groups in total. The van der Waals surface area contributed by atoms with Crippen molar-refractivity contribution < 1.29 is 9.90 Å². The van der Waals surface area contributed by atoms with Gasteiger partial charge < -0.3 is 10.4 Å². The number of carbonyl (C=O) groups is 1. The van der Waals surface area contributed by atoms with Crippen LogP contribution in [0, 0.1) is 5.92 Å². The summed E-state index contributed by atoms with van der Waals surface area (Å²) >= 11 is 0. The first-order valence-electron chi connectivity index (χ1n) is 6.50. The van der Waals surface area contributed by atoms with Crippen LogP contribution in [0.2, 0.25) is 0 Å². The van der Waals surface area contributed by atoms with E-state index in [1.165, 1.54) is 0 Å². The van der Waals surface area contributed by atoms with Crippen molar-refractivity contribution in [2.45, 2.75) is 26.4 Å². The lowest BCUT2D eigenvalue weighted by Crippen LogP contribution is -2.44. The highest BCUT2D eigenvalue weighted by Crippen LogP contribution is 2.14. The first-order valence-corrected chi connectivity index (χ1v) is 6.50. The molecule has 0 saturated carbocycles. The van der Waals surface area contributed by atoms with Crippen LogP contribution in [-0.2, 0) is 0 Å². The zero-order valence-corrected chi connectivity index (χ0v) is 11.8. The van der Waals surface area contributed by atoms with Crippen LogP contribution in [0.4, 0.5) is 0 Å². The molecule has 0 spiro atoms. The van der Waals surface area contributed by atoms with Gasteiger partial charge in [-0.25, -0.2) is 4.98 Å². The van der Waals surface area contributed by atoms with E-state index in [4.69, 9.17) is 0 Å². The predicted molar refractivity (Wildman–Crippen MR) is 75.1 cm³/mol. The molecule has 1 aromatic carbocycles. The smallest absolute Gasteiger partial charge is 0.291 e. The molecule has 2 aromatic rings. The fraction of sp³-hybridized carbons (Fsp3) is 0.429. The number of aromatic nitrogens is 3. The van der Waals surface area contributed by atoms with Gasteiger partial charge in [0, 0.05) is 6.54 Å². The van der Waals surface area contributed by atoms with Gasteiger partial charge in [-0.1, -0.05) is 26.0 Å². The SMILES string of the molecule is CC(C)C(C)(O)CNC(=O)c1nnc2ccccc2n1. The lowest BCUT2D eigenvalue weighted by atomic mass is 9.92. The third-order valence-electron chi connectivity index (χ3n) is 3.41. The van der Waals surface area contributed by atoms with Crippen molar-refractivity contribution in [3.8, 4) is 0 Å². The maximum absolute atomic E-state index is 12.0. The predicted octanol–water partition coefficient (Wildman–Crippen LogP) is 1.16. The van der Waals surface area contributed by atoms with Crippen LogP contribution in [0.3, 0.4) is 0 Å². The number of hydrogen-bond acceptors (Lipinski definition) is 5. The van der Waals surface area contributed by atoms with E-state index in [1.54, 1.807) is 19.1 Å². The minimum Gasteiger partial charge on any atom is -0.388 e. The summed E-state index contributed by atoms with van der Waals surface area (Å²) in [4.78, 5) is 16.1. The van der Waals surface area contributed by atoms with Crippen molar-refractivity contribution in [3.05, 3.63) is 30.1 Å². The lowest BCUT2D eigenvalue weighted by Gasteiger charge is -2.27. The molecule has 0 saturated heterocycles. The molecule has 106 valence electrons. The van der Waals surface area contributed by atoms with Crippen LogP contribution >= 0.6 is 0 Å². The van der Waals surface area contributed by atoms with Crippen LogP contribution in [0.15, 0.2) is 24.3 Å². The van der Waals surface area contributed by atoms with Crippen molar-refractivity contribution in [2.24, 2.45) is 5.92 Å². The second-order valence-corrected chi connectivity index (χ2v) is 5.32. The van der Waals surface area contributed by atoms with Gasteiger partial charge in [0.1, 0.15) is 5.52 Å². The molecule has 1 unspecified atom stereocenters. The van der Waals surface area contributed by atoms with E-state index in [0.717, 1.165) is 0 Å². The molecule has 0 aliphatic rings. The second-order valence-electron chi connectivity index (χ2n) is 5.32. The summed E-state index contributed by atoms with van der Waals surface area (Å²) in [6.45, 7) is 5.59. The van der Waals surface area contributed by atoms with Crippen molar-refractivity contribution in [1.29, 1.82) is 0 Å². The monoisotopic (exact) mass is 274 g/mol. The largest absolute Gasteiger partial charge is 0.388 e. The van der Waals surface area contributed by atoms with Crippen molar-refractivity contribution >= 4 is 16.9 Å². The first kappa shape index (κ1) is 14.3. The summed E-state index contributed by atoms with van der Waals surface area (Å²) in [5.74, 6) is -0.411. The van der Waals surface area contributed by atoms with Gasteiger partial charge in [-0.2, -0.15) is 0 Å². The molecule has 0 bridgehead atoms. The zero-order valence-electron chi connectivity index (χ0n) is 11.8. The molecule has 6 nitrogen and oxygen atoms in total. The van der Waals surface area contributed by atoms with Crippen LogP contribution in [0.1, 0.15) is 31.4 Å². The van der Waals surface area contributed by atoms with E-state index in [1.807, 2.05) is 26.0 Å². The third-order valence-corrected chi connectivity index (χ3v) is 3.41. The fourth-order valence-corrected chi connectivity index (χ4v) is 1.52. The Labute approximate surface area is 117 Å². The third kappa shape index (κ3) is 3.08. The molecule has 0 radical (unpaired) electrons. The molecular formula is C14H18N4O2. The Morgan fingerprint density at radius 2 is 1.95 bits per heavy atom. The quantitative estimate of drug-likeness (QED) is 0.873. The van der Waals surface area contributed by atoms with Crippen LogP contribution in [0.25, 0.3) is 11.0 Å². The van der Waals surface area contributed by atoms with Gasteiger partial charge in [0.2, 0.25) is 5.82 Å². The zero-order chi connectivity index (χ0) is 14.8. The first-order chi connectivity index (χ1) is 9.40. The molecule has 1 atom stereocenters. The highest BCUT2D eigenvalue weighted by molar-refractivity contribution is 5.91. The number of rotatable bonds is 4. The van der Waals surface area contributed by atoms with Crippen LogP contribution in [-0.4, -0.2) is 38.3 Å². The van der Waals surface area contributed by atoms with E-state index < -0.39 is 11.5 Å². The molecule has 20 heavy (non-hydrogen) atoms. The topological polar surface area (TPSA) is 88.0 Å². The molecule has 0 aliphatic carbocycles. The Morgan fingerprint density at radius 3 is 2.60 bits per heavy atom. The highest BCUT2D eigenvalue weighted by atomic mass is 16.3. The lowest BCUT2D eigenvalue weighted by molar-refractivity contribution is 0.0141. The number of benzene rings is 1. The number of para-hydroxylation sites is 1. The normalized spacial score (nSPS) is 14.2. The van der Waals surface area contributed by atoms with E-state index in [-0.39, 0.29) is 18.3 Å². The van der Waals surface area contributed by atoms with Gasteiger partial charge in [-0.15, -0.1) is 10.2 Å². The van der Waals surface area contributed by atoms with E-state index in [9.17, 15) is 9.90 Å². The Kier molecular flexibility index (Phi) is 3.94. The number of aliphatic hydroxyl groups is 1. The maximum Gasteiger partial charge on any atom is 0.291 e. The molecule has 1 heterocycles. The summed E-state index contributed by atoms with van der Waals surface area (Å²) in [5, 5.41) is 20.5. The Balaban J connectivity index is 2.12. The van der Waals surface area contributed by atoms with E-state index >= 15 is 0 Å². The Bertz CT molecular complexity index is 625. The number of nitrogens with one attached hydrogen (secondary N) is 1. The number of nitrogens with zero attached hydrogens (tertiary/aromatic N) is 3. The van der Waals surface area contributed by atoms with Gasteiger partial charge in [0.15, 0.2) is 0 Å². The fourth-order valence-electron chi connectivity index (χ4n) is 1.52. The molecular weight excluding hydrogens is 256 g/mol. The Morgan fingerprint density at radius 1 is 1.30 bits per heavy atom. The van der Waals surface area contributed by atoms with Crippen LogP contribution < -0.4 is 5.32 Å². The van der Waals surface area contributed by atoms with Crippen molar-refractivity contribution in [3.63, 3.8) is 0 Å². The number of carbonyl (C=O) groups excluding carboxylic acids is 1. The van der Waals surface area contributed by atoms with E-state index in [0.29, 0.717) is 11.0 Å². The average molecular weight is 274 g/mol. The van der Waals surface area contributed by atoms with Gasteiger partial charge >= 0.3 is 0 Å². The van der Waals surface area contributed by atoms with Crippen LogP contribution in [0.5, 0.6) is 0 Å². The molecule has 6 heteroatoms. The van der Waals surface area contributed by atoms with Crippen molar-refractivity contribution in [2.75, 3.05) is 6.54 Å². The molecule has 1 aromatic heterocycles. The summed E-state index contributed by atoms with van der Waals surface area (Å²) in [5.41, 5.74) is 0.279. The van der Waals surface area contributed by atoms with Gasteiger partial charge in [-0.05, 0) is 25.0 Å². The molecule has 1 amide bonds. The minimum absolute atomic E-state index is 0.00301.